The summed E-state index contributed by atoms with van der Waals surface area (Å²) in [5, 5.41) is 10.8. The Morgan fingerprint density at radius 3 is 2.76 bits per heavy atom. The van der Waals surface area contributed by atoms with Crippen LogP contribution in [-0.2, 0) is 0 Å². The van der Waals surface area contributed by atoms with Crippen molar-refractivity contribution in [3.8, 4) is 5.75 Å². The summed E-state index contributed by atoms with van der Waals surface area (Å²) in [5.74, 6) is -1.15. The third-order valence-corrected chi connectivity index (χ3v) is 6.92. The van der Waals surface area contributed by atoms with E-state index in [9.17, 15) is 19.7 Å². The molecule has 0 amide bonds. The maximum Gasteiger partial charge on any atom is 0.266 e. The van der Waals surface area contributed by atoms with Crippen LogP contribution in [0.4, 0.5) is 10.1 Å². The minimum atomic E-state index is -0.992. The molecule has 2 heterocycles. The van der Waals surface area contributed by atoms with Gasteiger partial charge in [0.05, 0.1) is 23.6 Å². The Bertz CT molecular complexity index is 1270. The van der Waals surface area contributed by atoms with Gasteiger partial charge in [0.15, 0.2) is 11.6 Å². The summed E-state index contributed by atoms with van der Waals surface area (Å²) in [6, 6.07) is 1.16. The molecule has 174 valence electrons. The van der Waals surface area contributed by atoms with Gasteiger partial charge in [-0.15, -0.1) is 0 Å². The maximum atomic E-state index is 15.6. The second kappa shape index (κ2) is 7.95. The molecule has 5 rings (SSSR count). The fourth-order valence-corrected chi connectivity index (χ4v) is 5.19. The van der Waals surface area contributed by atoms with Crippen LogP contribution >= 0.6 is 0 Å². The number of pyridine rings is 1. The third kappa shape index (κ3) is 3.58. The van der Waals surface area contributed by atoms with Crippen LogP contribution in [-0.4, -0.2) is 48.1 Å². The van der Waals surface area contributed by atoms with E-state index in [1.54, 1.807) is 4.57 Å². The van der Waals surface area contributed by atoms with E-state index >= 15 is 4.39 Å². The number of ketones is 1. The maximum absolute atomic E-state index is 15.6. The molecule has 0 spiro atoms. The lowest BCUT2D eigenvalue weighted by atomic mass is 9.86. The molecule has 0 bridgehead atoms. The van der Waals surface area contributed by atoms with Gasteiger partial charge >= 0.3 is 0 Å². The number of nitrogens with zero attached hydrogens (tertiary/aromatic N) is 3. The van der Waals surface area contributed by atoms with Gasteiger partial charge in [0, 0.05) is 42.2 Å². The van der Waals surface area contributed by atoms with Gasteiger partial charge in [0.25, 0.3) is 6.54 Å². The molecular weight excluding hydrogens is 431 g/mol. The lowest BCUT2D eigenvalue weighted by molar-refractivity contribution is -0.465. The highest BCUT2D eigenvalue weighted by Gasteiger charge is 2.37. The number of hydrogen-bond donors (Lipinski definition) is 1. The zero-order valence-electron chi connectivity index (χ0n) is 18.3. The number of fused-ring (bicyclic) bond motifs is 2. The molecule has 2 aliphatic carbocycles. The fourth-order valence-electron chi connectivity index (χ4n) is 5.19. The lowest BCUT2D eigenvalue weighted by Gasteiger charge is -2.26. The number of anilines is 1. The Morgan fingerprint density at radius 2 is 2.12 bits per heavy atom. The first-order valence-corrected chi connectivity index (χ1v) is 11.1. The number of benzene rings is 1. The molecule has 3 aliphatic rings. The van der Waals surface area contributed by atoms with Crippen LogP contribution in [0.2, 0.25) is 0 Å². The molecule has 1 aliphatic heterocycles. The van der Waals surface area contributed by atoms with Gasteiger partial charge in [0.2, 0.25) is 11.2 Å². The van der Waals surface area contributed by atoms with Crippen molar-refractivity contribution in [1.29, 1.82) is 0 Å². The Labute approximate surface area is 188 Å². The SMILES string of the molecule is COc1c(N2CC3=CCCC(N)C3C2)c(F)cc2c(=O)c(C(=O)C[N+](=O)[O-])cn(C3CC3)c12. The smallest absolute Gasteiger partial charge is 0.266 e. The van der Waals surface area contributed by atoms with Gasteiger partial charge in [-0.1, -0.05) is 6.08 Å². The molecular formula is C23H25FN4O5. The second-order valence-corrected chi connectivity index (χ2v) is 9.07. The molecule has 10 heteroatoms. The van der Waals surface area contributed by atoms with E-state index in [0.717, 1.165) is 31.7 Å². The number of carbonyl (C=O) groups excluding carboxylic acids is 1. The van der Waals surface area contributed by atoms with E-state index < -0.39 is 28.5 Å². The average Bonchev–Trinajstić information content (AvgIpc) is 3.51. The summed E-state index contributed by atoms with van der Waals surface area (Å²) in [7, 11) is 1.43. The quantitative estimate of drug-likeness (QED) is 0.307. The van der Waals surface area contributed by atoms with Gasteiger partial charge < -0.3 is 19.9 Å². The fraction of sp³-hybridized carbons (Fsp3) is 0.478. The van der Waals surface area contributed by atoms with Crippen LogP contribution in [0.3, 0.4) is 0 Å². The zero-order valence-corrected chi connectivity index (χ0v) is 18.3. The summed E-state index contributed by atoms with van der Waals surface area (Å²) in [6.45, 7) is 0.0940. The Balaban J connectivity index is 1.70. The summed E-state index contributed by atoms with van der Waals surface area (Å²) in [5.41, 5.74) is 7.15. The highest BCUT2D eigenvalue weighted by atomic mass is 19.1. The van der Waals surface area contributed by atoms with Gasteiger partial charge in [-0.2, -0.15) is 0 Å². The molecule has 2 atom stereocenters. The number of nitro groups is 1. The van der Waals surface area contributed by atoms with Crippen molar-refractivity contribution in [2.24, 2.45) is 11.7 Å². The number of nitrogens with two attached hydrogens (primary N) is 1. The largest absolute Gasteiger partial charge is 0.492 e. The van der Waals surface area contributed by atoms with E-state index in [-0.39, 0.29) is 40.4 Å². The van der Waals surface area contributed by atoms with Crippen molar-refractivity contribution in [3.05, 3.63) is 55.6 Å². The van der Waals surface area contributed by atoms with Crippen molar-refractivity contribution >= 4 is 22.4 Å². The van der Waals surface area contributed by atoms with E-state index in [1.807, 2.05) is 4.90 Å². The topological polar surface area (TPSA) is 121 Å². The molecule has 2 N–H and O–H groups in total. The summed E-state index contributed by atoms with van der Waals surface area (Å²) < 4.78 is 23.0. The van der Waals surface area contributed by atoms with Crippen LogP contribution in [0.15, 0.2) is 28.7 Å². The van der Waals surface area contributed by atoms with E-state index in [1.165, 1.54) is 18.9 Å². The van der Waals surface area contributed by atoms with E-state index in [2.05, 4.69) is 6.08 Å². The van der Waals surface area contributed by atoms with Crippen molar-refractivity contribution in [2.75, 3.05) is 31.6 Å². The first kappa shape index (κ1) is 21.6. The lowest BCUT2D eigenvalue weighted by Crippen LogP contribution is -2.34. The summed E-state index contributed by atoms with van der Waals surface area (Å²) in [4.78, 5) is 37.5. The van der Waals surface area contributed by atoms with Crippen molar-refractivity contribution < 1.29 is 18.8 Å². The van der Waals surface area contributed by atoms with E-state index in [4.69, 9.17) is 10.5 Å². The second-order valence-electron chi connectivity index (χ2n) is 9.07. The third-order valence-electron chi connectivity index (χ3n) is 6.92. The van der Waals surface area contributed by atoms with Crippen LogP contribution in [0.1, 0.15) is 42.1 Å². The Kier molecular flexibility index (Phi) is 5.19. The van der Waals surface area contributed by atoms with Crippen molar-refractivity contribution in [3.63, 3.8) is 0 Å². The number of aromatic nitrogens is 1. The Morgan fingerprint density at radius 1 is 1.36 bits per heavy atom. The van der Waals surface area contributed by atoms with Crippen molar-refractivity contribution in [1.82, 2.24) is 4.57 Å². The molecule has 9 nitrogen and oxygen atoms in total. The highest BCUT2D eigenvalue weighted by molar-refractivity contribution is 6.01. The van der Waals surface area contributed by atoms with Gasteiger partial charge in [-0.05, 0) is 37.3 Å². The normalized spacial score (nSPS) is 22.3. The molecule has 1 aromatic heterocycles. The Hall–Kier alpha value is -3.27. The van der Waals surface area contributed by atoms with Gasteiger partial charge in [-0.25, -0.2) is 4.39 Å². The summed E-state index contributed by atoms with van der Waals surface area (Å²) >= 11 is 0. The molecule has 1 saturated heterocycles. The molecule has 0 radical (unpaired) electrons. The predicted octanol–water partition coefficient (Wildman–Crippen LogP) is 2.43. The standard InChI is InChI=1S/C23H25FN4O5/c1-33-23-20-14(22(30)16(19(29)11-28(31)32)10-27(20)13-5-6-13)7-17(24)21(23)26-8-12-3-2-4-18(25)15(12)9-26/h3,7,10,13,15,18H,2,4-6,8-9,11,25H2,1H3. The molecule has 33 heavy (non-hydrogen) atoms. The number of methoxy groups -OCH3 is 1. The predicted molar refractivity (Wildman–Crippen MR) is 120 cm³/mol. The highest BCUT2D eigenvalue weighted by Crippen LogP contribution is 2.45. The van der Waals surface area contributed by atoms with Gasteiger partial charge in [0.1, 0.15) is 5.69 Å². The van der Waals surface area contributed by atoms with Gasteiger partial charge in [-0.3, -0.25) is 19.7 Å². The minimum Gasteiger partial charge on any atom is -0.492 e. The molecule has 2 unspecified atom stereocenters. The van der Waals surface area contributed by atoms with Crippen LogP contribution in [0.5, 0.6) is 5.75 Å². The number of hydrogen-bond acceptors (Lipinski definition) is 7. The zero-order chi connectivity index (χ0) is 23.4. The minimum absolute atomic E-state index is 0.0123. The first-order valence-electron chi connectivity index (χ1n) is 11.1. The number of Topliss-reactive ketones (excluding diaryl/α,β-unsaturated/α-hetero) is 1. The number of ether oxygens (including phenoxy) is 1. The van der Waals surface area contributed by atoms with E-state index in [0.29, 0.717) is 18.6 Å². The monoisotopic (exact) mass is 456 g/mol. The molecule has 1 saturated carbocycles. The molecule has 2 fully saturated rings. The first-order chi connectivity index (χ1) is 15.8. The molecule has 1 aromatic carbocycles. The number of carbonyl (C=O) groups is 1. The van der Waals surface area contributed by atoms with Crippen LogP contribution < -0.4 is 20.8 Å². The number of allylic oxidation sites excluding steroid dienone is 1. The number of rotatable bonds is 6. The van der Waals surface area contributed by atoms with Crippen LogP contribution in [0, 0.1) is 21.8 Å². The average molecular weight is 456 g/mol. The molecule has 2 aromatic rings. The summed E-state index contributed by atoms with van der Waals surface area (Å²) in [6.07, 6.45) is 6.99. The van der Waals surface area contributed by atoms with Crippen molar-refractivity contribution in [2.45, 2.75) is 37.8 Å². The number of halogens is 1. The van der Waals surface area contributed by atoms with Crippen LogP contribution in [0.25, 0.3) is 10.9 Å².